The first kappa shape index (κ1) is 9.22. The van der Waals surface area contributed by atoms with Crippen LogP contribution in [0.1, 0.15) is 30.9 Å². The molecular weight excluding hydrogens is 188 g/mol. The minimum Gasteiger partial charge on any atom is -0.490 e. The molecule has 15 heavy (non-hydrogen) atoms. The maximum Gasteiger partial charge on any atom is 0.126 e. The van der Waals surface area contributed by atoms with Gasteiger partial charge in [0.1, 0.15) is 11.9 Å². The van der Waals surface area contributed by atoms with Crippen LogP contribution in [0, 0.1) is 0 Å². The highest BCUT2D eigenvalue weighted by Crippen LogP contribution is 2.42. The average Bonchev–Trinajstić information content (AvgIpc) is 2.76. The van der Waals surface area contributed by atoms with E-state index in [1.54, 1.807) is 0 Å². The van der Waals surface area contributed by atoms with Gasteiger partial charge >= 0.3 is 0 Å². The van der Waals surface area contributed by atoms with Crippen LogP contribution < -0.4 is 4.74 Å². The molecule has 1 aliphatic heterocycles. The lowest BCUT2D eigenvalue weighted by Crippen LogP contribution is -2.12. The molecule has 0 spiro atoms. The maximum absolute atomic E-state index is 9.92. The van der Waals surface area contributed by atoms with Crippen molar-refractivity contribution >= 4 is 0 Å². The third-order valence-corrected chi connectivity index (χ3v) is 3.35. The highest BCUT2D eigenvalue weighted by atomic mass is 16.5. The van der Waals surface area contributed by atoms with Crippen LogP contribution in [0.2, 0.25) is 0 Å². The Kier molecular flexibility index (Phi) is 1.84. The smallest absolute Gasteiger partial charge is 0.126 e. The van der Waals surface area contributed by atoms with Gasteiger partial charge in [-0.3, -0.25) is 0 Å². The van der Waals surface area contributed by atoms with Gasteiger partial charge in [0.2, 0.25) is 0 Å². The fourth-order valence-corrected chi connectivity index (χ4v) is 2.32. The van der Waals surface area contributed by atoms with Gasteiger partial charge in [-0.15, -0.1) is 0 Å². The van der Waals surface area contributed by atoms with Crippen LogP contribution in [0.25, 0.3) is 0 Å². The summed E-state index contributed by atoms with van der Waals surface area (Å²) in [4.78, 5) is 0. The standard InChI is InChI=1S/C13H16O2/c1-9-7-10-3-2-4-11(12(10)15-9)8-13(14)5-6-13/h2-4,9,14H,5-8H2,1H3. The monoisotopic (exact) mass is 204 g/mol. The summed E-state index contributed by atoms with van der Waals surface area (Å²) >= 11 is 0. The molecule has 1 fully saturated rings. The van der Waals surface area contributed by atoms with E-state index >= 15 is 0 Å². The van der Waals surface area contributed by atoms with Gasteiger partial charge in [-0.25, -0.2) is 0 Å². The van der Waals surface area contributed by atoms with Crippen LogP contribution in [-0.4, -0.2) is 16.8 Å². The molecule has 1 saturated carbocycles. The van der Waals surface area contributed by atoms with Gasteiger partial charge in [0.25, 0.3) is 0 Å². The molecule has 0 radical (unpaired) electrons. The molecule has 2 nitrogen and oxygen atoms in total. The average molecular weight is 204 g/mol. The summed E-state index contributed by atoms with van der Waals surface area (Å²) in [5.74, 6) is 1.03. The topological polar surface area (TPSA) is 29.5 Å². The van der Waals surface area contributed by atoms with Gasteiger partial charge in [0, 0.05) is 12.8 Å². The molecule has 1 aliphatic carbocycles. The Hall–Kier alpha value is -1.02. The van der Waals surface area contributed by atoms with E-state index in [1.807, 2.05) is 0 Å². The molecule has 1 aromatic rings. The molecule has 2 aliphatic rings. The Morgan fingerprint density at radius 2 is 2.27 bits per heavy atom. The second kappa shape index (κ2) is 2.99. The number of benzene rings is 1. The maximum atomic E-state index is 9.92. The van der Waals surface area contributed by atoms with Crippen molar-refractivity contribution < 1.29 is 9.84 Å². The number of hydrogen-bond acceptors (Lipinski definition) is 2. The molecule has 1 unspecified atom stereocenters. The molecule has 0 amide bonds. The van der Waals surface area contributed by atoms with Crippen molar-refractivity contribution in [2.45, 2.75) is 44.3 Å². The molecule has 0 saturated heterocycles. The van der Waals surface area contributed by atoms with E-state index in [-0.39, 0.29) is 6.10 Å². The van der Waals surface area contributed by atoms with Crippen LogP contribution in [0.3, 0.4) is 0 Å². The molecule has 3 rings (SSSR count). The van der Waals surface area contributed by atoms with E-state index in [9.17, 15) is 5.11 Å². The summed E-state index contributed by atoms with van der Waals surface area (Å²) in [6.45, 7) is 2.09. The van der Waals surface area contributed by atoms with Crippen LogP contribution in [0.5, 0.6) is 5.75 Å². The molecular formula is C13H16O2. The van der Waals surface area contributed by atoms with E-state index < -0.39 is 5.60 Å². The Morgan fingerprint density at radius 1 is 1.47 bits per heavy atom. The Morgan fingerprint density at radius 3 is 3.00 bits per heavy atom. The lowest BCUT2D eigenvalue weighted by atomic mass is 10.0. The summed E-state index contributed by atoms with van der Waals surface area (Å²) in [5, 5.41) is 9.92. The summed E-state index contributed by atoms with van der Waals surface area (Å²) in [5.41, 5.74) is 2.05. The second-order valence-electron chi connectivity index (χ2n) is 4.94. The predicted molar refractivity (Wildman–Crippen MR) is 58.1 cm³/mol. The van der Waals surface area contributed by atoms with Crippen molar-refractivity contribution in [3.05, 3.63) is 29.3 Å². The first-order valence-corrected chi connectivity index (χ1v) is 5.66. The number of fused-ring (bicyclic) bond motifs is 1. The summed E-state index contributed by atoms with van der Waals surface area (Å²) in [7, 11) is 0. The third kappa shape index (κ3) is 1.63. The fourth-order valence-electron chi connectivity index (χ4n) is 2.32. The number of hydrogen-bond donors (Lipinski definition) is 1. The highest BCUT2D eigenvalue weighted by molar-refractivity contribution is 5.45. The van der Waals surface area contributed by atoms with Crippen LogP contribution in [0.4, 0.5) is 0 Å². The summed E-state index contributed by atoms with van der Waals surface area (Å²) in [6, 6.07) is 6.27. The molecule has 2 heteroatoms. The largest absolute Gasteiger partial charge is 0.490 e. The summed E-state index contributed by atoms with van der Waals surface area (Å²) in [6.07, 6.45) is 3.91. The molecule has 80 valence electrons. The zero-order chi connectivity index (χ0) is 10.5. The van der Waals surface area contributed by atoms with E-state index in [2.05, 4.69) is 25.1 Å². The molecule has 0 aromatic heterocycles. The minimum atomic E-state index is -0.426. The van der Waals surface area contributed by atoms with Crippen molar-refractivity contribution in [2.24, 2.45) is 0 Å². The van der Waals surface area contributed by atoms with Gasteiger partial charge in [-0.2, -0.15) is 0 Å². The first-order chi connectivity index (χ1) is 7.16. The van der Waals surface area contributed by atoms with Crippen molar-refractivity contribution in [1.29, 1.82) is 0 Å². The normalized spacial score (nSPS) is 25.9. The van der Waals surface area contributed by atoms with Crippen LogP contribution in [0.15, 0.2) is 18.2 Å². The van der Waals surface area contributed by atoms with Crippen molar-refractivity contribution in [3.63, 3.8) is 0 Å². The SMILES string of the molecule is CC1Cc2cccc(CC3(O)CC3)c2O1. The first-order valence-electron chi connectivity index (χ1n) is 5.66. The van der Waals surface area contributed by atoms with E-state index in [1.165, 1.54) is 11.1 Å². The zero-order valence-electron chi connectivity index (χ0n) is 8.99. The van der Waals surface area contributed by atoms with E-state index in [4.69, 9.17) is 4.74 Å². The fraction of sp³-hybridized carbons (Fsp3) is 0.538. The highest BCUT2D eigenvalue weighted by Gasteiger charge is 2.41. The third-order valence-electron chi connectivity index (χ3n) is 3.35. The molecule has 1 heterocycles. The lowest BCUT2D eigenvalue weighted by molar-refractivity contribution is 0.149. The molecule has 1 aromatic carbocycles. The summed E-state index contributed by atoms with van der Waals surface area (Å²) < 4.78 is 5.80. The minimum absolute atomic E-state index is 0.287. The van der Waals surface area contributed by atoms with Crippen molar-refractivity contribution in [2.75, 3.05) is 0 Å². The number of para-hydroxylation sites is 1. The van der Waals surface area contributed by atoms with Crippen molar-refractivity contribution in [3.8, 4) is 5.75 Å². The van der Waals surface area contributed by atoms with Gasteiger partial charge in [0.15, 0.2) is 0 Å². The van der Waals surface area contributed by atoms with Gasteiger partial charge in [-0.05, 0) is 30.9 Å². The Labute approximate surface area is 89.9 Å². The van der Waals surface area contributed by atoms with Gasteiger partial charge in [0.05, 0.1) is 5.60 Å². The Bertz CT molecular complexity index is 394. The van der Waals surface area contributed by atoms with Crippen LogP contribution in [-0.2, 0) is 12.8 Å². The van der Waals surface area contributed by atoms with E-state index in [0.717, 1.165) is 31.4 Å². The number of aliphatic hydroxyl groups is 1. The second-order valence-corrected chi connectivity index (χ2v) is 4.94. The molecule has 1 atom stereocenters. The quantitative estimate of drug-likeness (QED) is 0.799. The predicted octanol–water partition coefficient (Wildman–Crippen LogP) is 2.08. The molecule has 0 bridgehead atoms. The van der Waals surface area contributed by atoms with Gasteiger partial charge in [-0.1, -0.05) is 18.2 Å². The molecule has 1 N–H and O–H groups in total. The zero-order valence-corrected chi connectivity index (χ0v) is 8.99. The number of ether oxygens (including phenoxy) is 1. The van der Waals surface area contributed by atoms with E-state index in [0.29, 0.717) is 0 Å². The Balaban J connectivity index is 1.92. The van der Waals surface area contributed by atoms with Crippen molar-refractivity contribution in [1.82, 2.24) is 0 Å². The number of rotatable bonds is 2. The van der Waals surface area contributed by atoms with Gasteiger partial charge < -0.3 is 9.84 Å². The van der Waals surface area contributed by atoms with Crippen LogP contribution >= 0.6 is 0 Å². The lowest BCUT2D eigenvalue weighted by Gasteiger charge is -2.12.